The number of carboxylic acid groups (broad SMARTS) is 1. The van der Waals surface area contributed by atoms with Gasteiger partial charge in [-0.15, -0.1) is 11.6 Å². The van der Waals surface area contributed by atoms with Gasteiger partial charge in [0.2, 0.25) is 5.91 Å². The summed E-state index contributed by atoms with van der Waals surface area (Å²) < 4.78 is 107. The largest absolute Gasteiger partial charge is 0.480 e. The van der Waals surface area contributed by atoms with Crippen LogP contribution in [0.15, 0.2) is 75.3 Å². The number of rotatable bonds is 22. The summed E-state index contributed by atoms with van der Waals surface area (Å²) in [6, 6.07) is 10.2. The van der Waals surface area contributed by atoms with Gasteiger partial charge in [-0.1, -0.05) is 61.6 Å². The number of methoxy groups -OCH3 is 1. The van der Waals surface area contributed by atoms with Crippen molar-refractivity contribution >= 4 is 87.5 Å². The summed E-state index contributed by atoms with van der Waals surface area (Å²) in [7, 11) is -6.50. The van der Waals surface area contributed by atoms with Gasteiger partial charge in [0, 0.05) is 42.1 Å². The normalized spacial score (nSPS) is 14.5. The second kappa shape index (κ2) is 31.0. The quantitative estimate of drug-likeness (QED) is 0.0108. The summed E-state index contributed by atoms with van der Waals surface area (Å²) in [5.74, 6) is -3.98. The van der Waals surface area contributed by atoms with Crippen molar-refractivity contribution in [2.24, 2.45) is 0 Å². The fraction of sp³-hybridized carbons (Fsp3) is 0.463. The summed E-state index contributed by atoms with van der Waals surface area (Å²) >= 11 is 11.8. The average Bonchev–Trinajstić information content (AvgIpc) is 4.09. The van der Waals surface area contributed by atoms with Crippen molar-refractivity contribution < 1.29 is 92.9 Å². The molecule has 0 radical (unpaired) electrons. The first-order valence-electron chi connectivity index (χ1n) is 25.7. The Bertz CT molecular complexity index is 3120. The highest BCUT2D eigenvalue weighted by molar-refractivity contribution is 7.90. The predicted octanol–water partition coefficient (Wildman–Crippen LogP) is 9.50. The Morgan fingerprint density at radius 2 is 1.65 bits per heavy atom. The monoisotopic (exact) mass is 1230 g/mol. The van der Waals surface area contributed by atoms with Crippen LogP contribution in [-0.2, 0) is 60.4 Å². The molecule has 1 aliphatic heterocycles. The lowest BCUT2D eigenvalue weighted by atomic mass is 9.93. The van der Waals surface area contributed by atoms with E-state index in [0.29, 0.717) is 55.1 Å². The summed E-state index contributed by atoms with van der Waals surface area (Å²) in [5.41, 5.74) is 2.51. The van der Waals surface area contributed by atoms with E-state index in [2.05, 4.69) is 23.5 Å². The number of anilines is 2. The minimum atomic E-state index is -4.71. The SMILES string of the molecule is CCCCCOC(=O)COc1cc(N2C(=O)C3=C(CCCC3)C2=O)c(F)cc1Cl.CCc1cccc(C)c1N(C(=O)CCl)C(C)COC.CS(=O)(=O)c1cc(C(F)(F)F)ccc1C(=O)c1cnoc1C1CC1.O=C(O)CNCP(=O)(O)O. The Balaban J connectivity index is 0.000000248. The predicted molar refractivity (Wildman–Crippen MR) is 294 cm³/mol. The number of carbonyl (C=O) groups is 6. The van der Waals surface area contributed by atoms with Crippen LogP contribution < -0.4 is 19.9 Å². The van der Waals surface area contributed by atoms with E-state index in [4.69, 9.17) is 56.8 Å². The highest BCUT2D eigenvalue weighted by atomic mass is 35.5. The number of imide groups is 1. The first kappa shape index (κ1) is 68.4. The van der Waals surface area contributed by atoms with E-state index in [-0.39, 0.29) is 51.3 Å². The molecule has 1 aromatic heterocycles. The van der Waals surface area contributed by atoms with Crippen LogP contribution in [0.25, 0.3) is 0 Å². The third kappa shape index (κ3) is 19.5. The lowest BCUT2D eigenvalue weighted by molar-refractivity contribution is -0.146. The van der Waals surface area contributed by atoms with E-state index in [0.717, 1.165) is 91.5 Å². The molecule has 4 N–H and O–H groups in total. The number of ether oxygens (including phenoxy) is 3. The van der Waals surface area contributed by atoms with Crippen LogP contribution in [0, 0.1) is 12.7 Å². The first-order chi connectivity index (χ1) is 38.5. The van der Waals surface area contributed by atoms with E-state index in [1.807, 2.05) is 32.9 Å². The van der Waals surface area contributed by atoms with Crippen LogP contribution in [0.3, 0.4) is 0 Å². The van der Waals surface area contributed by atoms with Gasteiger partial charge in [-0.2, -0.15) is 13.2 Å². The molecular weight excluding hydrogens is 1170 g/mol. The number of alkyl halides is 4. The van der Waals surface area contributed by atoms with Crippen LogP contribution >= 0.6 is 30.8 Å². The molecule has 0 spiro atoms. The lowest BCUT2D eigenvalue weighted by Gasteiger charge is -2.31. The number of carboxylic acids is 1. The molecule has 3 aliphatic rings. The van der Waals surface area contributed by atoms with Gasteiger partial charge in [-0.3, -0.25) is 33.9 Å². The first-order valence-corrected chi connectivity index (χ1v) is 30.3. The number of aromatic nitrogens is 1. The van der Waals surface area contributed by atoms with E-state index < -0.39 is 88.9 Å². The van der Waals surface area contributed by atoms with Crippen LogP contribution in [0.5, 0.6) is 5.75 Å². The summed E-state index contributed by atoms with van der Waals surface area (Å²) in [6.45, 7) is 8.05. The van der Waals surface area contributed by atoms with E-state index in [1.165, 1.54) is 12.3 Å². The minimum Gasteiger partial charge on any atom is -0.480 e. The maximum atomic E-state index is 14.5. The molecule has 2 aliphatic carbocycles. The molecule has 20 nitrogen and oxygen atoms in total. The maximum absolute atomic E-state index is 14.5. The van der Waals surface area contributed by atoms with Crippen LogP contribution in [0.2, 0.25) is 5.02 Å². The Kier molecular flexibility index (Phi) is 25.9. The molecule has 1 saturated carbocycles. The number of hydrogen-bond acceptors (Lipinski definition) is 15. The van der Waals surface area contributed by atoms with Gasteiger partial charge in [0.15, 0.2) is 28.0 Å². The number of nitrogens with zero attached hydrogens (tertiary/aromatic N) is 3. The number of aliphatic carboxylic acids is 1. The van der Waals surface area contributed by atoms with Crippen molar-refractivity contribution in [3.63, 3.8) is 0 Å². The number of esters is 1. The molecule has 450 valence electrons. The van der Waals surface area contributed by atoms with E-state index in [9.17, 15) is 59.3 Å². The van der Waals surface area contributed by atoms with Crippen molar-refractivity contribution in [2.45, 2.75) is 115 Å². The topological polar surface area (TPSA) is 287 Å². The average molecular weight is 1240 g/mol. The number of benzene rings is 3. The molecule has 1 unspecified atom stereocenters. The summed E-state index contributed by atoms with van der Waals surface area (Å²) in [4.78, 5) is 90.0. The molecule has 2 heterocycles. The fourth-order valence-corrected chi connectivity index (χ4v) is 10.1. The summed E-state index contributed by atoms with van der Waals surface area (Å²) in [5, 5.41) is 13.5. The fourth-order valence-electron chi connectivity index (χ4n) is 8.50. The number of amides is 3. The molecule has 1 atom stereocenters. The van der Waals surface area contributed by atoms with Crippen molar-refractivity contribution in [3.05, 3.63) is 110 Å². The van der Waals surface area contributed by atoms with Crippen molar-refractivity contribution in [3.8, 4) is 5.75 Å². The number of aryl methyl sites for hydroxylation is 2. The summed E-state index contributed by atoms with van der Waals surface area (Å²) in [6.07, 6.45) is 4.54. The zero-order valence-corrected chi connectivity index (χ0v) is 49.0. The molecular formula is C54H65Cl2F4N4O16PS. The van der Waals surface area contributed by atoms with Gasteiger partial charge in [-0.05, 0) is 101 Å². The van der Waals surface area contributed by atoms with Crippen molar-refractivity contribution in [1.82, 2.24) is 10.5 Å². The van der Waals surface area contributed by atoms with Crippen LogP contribution in [0.1, 0.15) is 123 Å². The Morgan fingerprint density at radius 3 is 2.18 bits per heavy atom. The molecule has 28 heteroatoms. The third-order valence-corrected chi connectivity index (χ3v) is 14.8. The third-order valence-electron chi connectivity index (χ3n) is 12.5. The van der Waals surface area contributed by atoms with Gasteiger partial charge in [0.1, 0.15) is 17.4 Å². The van der Waals surface area contributed by atoms with Gasteiger partial charge in [0.05, 0.1) is 70.7 Å². The molecule has 0 bridgehead atoms. The van der Waals surface area contributed by atoms with Crippen molar-refractivity contribution in [2.75, 3.05) is 61.7 Å². The molecule has 82 heavy (non-hydrogen) atoms. The Labute approximate surface area is 481 Å². The molecule has 3 aromatic carbocycles. The zero-order valence-electron chi connectivity index (χ0n) is 45.8. The van der Waals surface area contributed by atoms with Crippen LogP contribution in [0.4, 0.5) is 28.9 Å². The minimum absolute atomic E-state index is 0.000883. The number of sulfone groups is 1. The van der Waals surface area contributed by atoms with E-state index in [1.54, 1.807) is 12.0 Å². The molecule has 7 rings (SSSR count). The molecule has 4 aromatic rings. The number of para-hydroxylation sites is 1. The molecule has 0 saturated heterocycles. The number of nitrogens with one attached hydrogen (secondary N) is 1. The maximum Gasteiger partial charge on any atom is 0.416 e. The van der Waals surface area contributed by atoms with Gasteiger partial charge in [0.25, 0.3) is 11.8 Å². The number of halogens is 6. The van der Waals surface area contributed by atoms with Crippen molar-refractivity contribution in [1.29, 1.82) is 0 Å². The number of carbonyl (C=O) groups excluding carboxylic acids is 5. The van der Waals surface area contributed by atoms with Gasteiger partial charge < -0.3 is 38.5 Å². The van der Waals surface area contributed by atoms with Gasteiger partial charge >= 0.3 is 25.7 Å². The molecule has 1 fully saturated rings. The highest BCUT2D eigenvalue weighted by Gasteiger charge is 2.41. The Hall–Kier alpha value is -6.05. The Morgan fingerprint density at radius 1 is 1.00 bits per heavy atom. The smallest absolute Gasteiger partial charge is 0.416 e. The van der Waals surface area contributed by atoms with E-state index >= 15 is 0 Å². The number of hydrogen-bond donors (Lipinski definition) is 4. The second-order valence-electron chi connectivity index (χ2n) is 19.0. The highest BCUT2D eigenvalue weighted by Crippen LogP contribution is 2.43. The van der Waals surface area contributed by atoms with Gasteiger partial charge in [-0.25, -0.2) is 22.5 Å². The molecule has 3 amide bonds. The standard InChI is InChI=1S/C21H23ClFNO5.C15H22ClNO2.C15H12F3NO4S.C3H8NO5P/c1-2-3-6-9-28-19(25)12-29-18-11-17(16(23)10-15(18)22)24-20(26)13-7-4-5-8-14(13)21(24)27;1-5-13-8-6-7-11(2)15(13)17(14(18)9-16)12(3)10-19-4;1-24(21,22)12-6-9(15(16,17)18)4-5-10(12)13(20)11-7-19-23-14(11)8-2-3-8;5-3(6)1-4-2-10(7,8)9/h10-11H,2-9,12H2,1H3;6-8,12H,5,9-10H2,1-4H3;4-8H,2-3H2,1H3;4H,1-2H2,(H,5,6)(H2,7,8,9). The lowest BCUT2D eigenvalue weighted by Crippen LogP contribution is -2.43. The van der Waals surface area contributed by atoms with Crippen LogP contribution in [-0.4, -0.2) is 122 Å². The number of unbranched alkanes of at least 4 members (excludes halogenated alkanes) is 2. The number of ketones is 1. The zero-order chi connectivity index (χ0) is 61.3. The second-order valence-corrected chi connectivity index (χ2v) is 23.3.